The van der Waals surface area contributed by atoms with Crippen LogP contribution in [0.1, 0.15) is 30.4 Å². The van der Waals surface area contributed by atoms with Gasteiger partial charge in [-0.3, -0.25) is 0 Å². The van der Waals surface area contributed by atoms with E-state index >= 15 is 0 Å². The van der Waals surface area contributed by atoms with Crippen LogP contribution in [0.3, 0.4) is 0 Å². The fraction of sp³-hybridized carbons (Fsp3) is 0.368. The summed E-state index contributed by atoms with van der Waals surface area (Å²) in [5, 5.41) is 0. The zero-order valence-corrected chi connectivity index (χ0v) is 16.0. The average molecular weight is 387 g/mol. The minimum Gasteiger partial charge on any atom is -0.494 e. The zero-order valence-electron chi connectivity index (χ0n) is 14.4. The fourth-order valence-electron chi connectivity index (χ4n) is 2.20. The smallest absolute Gasteiger partial charge is 0.119 e. The van der Waals surface area contributed by atoms with Crippen molar-refractivity contribution < 1.29 is 9.47 Å². The number of unbranched alkanes of at least 4 members (excludes halogenated alkanes) is 2. The number of ether oxygens (including phenoxy) is 2. The number of hydrogen-bond donors (Lipinski definition) is 2. The zero-order chi connectivity index (χ0) is 16.3. The Labute approximate surface area is 162 Å². The molecule has 0 saturated heterocycles. The van der Waals surface area contributed by atoms with Crippen LogP contribution in [0.2, 0.25) is 0 Å². The van der Waals surface area contributed by atoms with E-state index in [0.29, 0.717) is 13.1 Å². The molecule has 140 valence electrons. The molecule has 2 aromatic rings. The lowest BCUT2D eigenvalue weighted by atomic mass is 10.2. The third-order valence-corrected chi connectivity index (χ3v) is 3.64. The van der Waals surface area contributed by atoms with Crippen molar-refractivity contribution in [1.82, 2.24) is 0 Å². The molecule has 0 heterocycles. The Morgan fingerprint density at radius 3 is 1.24 bits per heavy atom. The van der Waals surface area contributed by atoms with Gasteiger partial charge in [0.15, 0.2) is 0 Å². The maximum absolute atomic E-state index is 5.70. The van der Waals surface area contributed by atoms with Gasteiger partial charge >= 0.3 is 0 Å². The predicted molar refractivity (Wildman–Crippen MR) is 108 cm³/mol. The molecule has 2 rings (SSSR count). The van der Waals surface area contributed by atoms with Crippen molar-refractivity contribution in [3.63, 3.8) is 0 Å². The normalized spacial score (nSPS) is 9.68. The van der Waals surface area contributed by atoms with Gasteiger partial charge in [-0.25, -0.2) is 0 Å². The minimum absolute atomic E-state index is 0. The van der Waals surface area contributed by atoms with Crippen LogP contribution in [0.5, 0.6) is 11.5 Å². The highest BCUT2D eigenvalue weighted by Gasteiger charge is 1.97. The Morgan fingerprint density at radius 2 is 0.920 bits per heavy atom. The molecule has 0 aliphatic rings. The van der Waals surface area contributed by atoms with E-state index in [1.54, 1.807) is 0 Å². The molecule has 0 aromatic heterocycles. The summed E-state index contributed by atoms with van der Waals surface area (Å²) >= 11 is 0. The first-order valence-corrected chi connectivity index (χ1v) is 8.15. The molecule has 0 amide bonds. The molecular formula is C19H28Cl2N2O2. The molecule has 4 nitrogen and oxygen atoms in total. The van der Waals surface area contributed by atoms with Crippen molar-refractivity contribution >= 4 is 24.8 Å². The highest BCUT2D eigenvalue weighted by molar-refractivity contribution is 5.85. The number of rotatable bonds is 10. The third-order valence-electron chi connectivity index (χ3n) is 3.64. The summed E-state index contributed by atoms with van der Waals surface area (Å²) in [6.45, 7) is 2.59. The van der Waals surface area contributed by atoms with Crippen LogP contribution in [0.15, 0.2) is 48.5 Å². The molecule has 0 bridgehead atoms. The lowest BCUT2D eigenvalue weighted by Crippen LogP contribution is -2.02. The molecule has 0 unspecified atom stereocenters. The van der Waals surface area contributed by atoms with Gasteiger partial charge in [0.1, 0.15) is 11.5 Å². The van der Waals surface area contributed by atoms with Gasteiger partial charge in [-0.15, -0.1) is 24.8 Å². The number of halogens is 2. The van der Waals surface area contributed by atoms with Crippen LogP contribution < -0.4 is 20.9 Å². The highest BCUT2D eigenvalue weighted by atomic mass is 35.5. The monoisotopic (exact) mass is 386 g/mol. The number of benzene rings is 2. The number of hydrogen-bond acceptors (Lipinski definition) is 4. The molecular weight excluding hydrogens is 359 g/mol. The van der Waals surface area contributed by atoms with E-state index < -0.39 is 0 Å². The van der Waals surface area contributed by atoms with Crippen LogP contribution >= 0.6 is 24.8 Å². The first kappa shape index (κ1) is 23.5. The van der Waals surface area contributed by atoms with E-state index in [-0.39, 0.29) is 24.8 Å². The van der Waals surface area contributed by atoms with Crippen LogP contribution in [0, 0.1) is 0 Å². The van der Waals surface area contributed by atoms with Crippen LogP contribution in [-0.4, -0.2) is 13.2 Å². The molecule has 0 radical (unpaired) electrons. The van der Waals surface area contributed by atoms with Gasteiger partial charge in [0.2, 0.25) is 0 Å². The molecule has 0 aliphatic heterocycles. The van der Waals surface area contributed by atoms with Crippen molar-refractivity contribution in [2.45, 2.75) is 32.4 Å². The van der Waals surface area contributed by atoms with Gasteiger partial charge in [0.05, 0.1) is 13.2 Å². The van der Waals surface area contributed by atoms with Gasteiger partial charge in [0.25, 0.3) is 0 Å². The average Bonchev–Trinajstić information content (AvgIpc) is 2.62. The van der Waals surface area contributed by atoms with E-state index in [1.165, 1.54) is 0 Å². The van der Waals surface area contributed by atoms with E-state index in [4.69, 9.17) is 20.9 Å². The SMILES string of the molecule is Cl.Cl.NCc1ccc(OCCCCCOc2ccc(CN)cc2)cc1. The summed E-state index contributed by atoms with van der Waals surface area (Å²) in [6.07, 6.45) is 3.13. The maximum Gasteiger partial charge on any atom is 0.119 e. The molecule has 6 heteroatoms. The lowest BCUT2D eigenvalue weighted by molar-refractivity contribution is 0.279. The van der Waals surface area contributed by atoms with Crippen molar-refractivity contribution in [1.29, 1.82) is 0 Å². The Kier molecular flexibility index (Phi) is 13.0. The predicted octanol–water partition coefficient (Wildman–Crippen LogP) is 4.08. The Bertz CT molecular complexity index is 511. The van der Waals surface area contributed by atoms with E-state index in [1.807, 2.05) is 48.5 Å². The second kappa shape index (κ2) is 13.8. The van der Waals surface area contributed by atoms with Gasteiger partial charge < -0.3 is 20.9 Å². The van der Waals surface area contributed by atoms with Crippen molar-refractivity contribution in [2.24, 2.45) is 11.5 Å². The maximum atomic E-state index is 5.70. The third kappa shape index (κ3) is 8.98. The quantitative estimate of drug-likeness (QED) is 0.603. The first-order valence-electron chi connectivity index (χ1n) is 8.15. The van der Waals surface area contributed by atoms with E-state index in [0.717, 1.165) is 55.1 Å². The summed E-state index contributed by atoms with van der Waals surface area (Å²) in [6, 6.07) is 15.9. The van der Waals surface area contributed by atoms with Crippen molar-refractivity contribution in [3.8, 4) is 11.5 Å². The van der Waals surface area contributed by atoms with Crippen molar-refractivity contribution in [3.05, 3.63) is 59.7 Å². The molecule has 2 aromatic carbocycles. The summed E-state index contributed by atoms with van der Waals surface area (Å²) in [4.78, 5) is 0. The lowest BCUT2D eigenvalue weighted by Gasteiger charge is -2.08. The van der Waals surface area contributed by atoms with Gasteiger partial charge in [-0.1, -0.05) is 24.3 Å². The molecule has 0 aliphatic carbocycles. The Balaban J connectivity index is 0.00000288. The first-order chi connectivity index (χ1) is 11.3. The summed E-state index contributed by atoms with van der Waals surface area (Å²) in [5.74, 6) is 1.80. The summed E-state index contributed by atoms with van der Waals surface area (Å²) in [5.41, 5.74) is 13.4. The van der Waals surface area contributed by atoms with E-state index in [2.05, 4.69) is 0 Å². The van der Waals surface area contributed by atoms with Gasteiger partial charge in [0, 0.05) is 13.1 Å². The van der Waals surface area contributed by atoms with Crippen LogP contribution in [0.25, 0.3) is 0 Å². The second-order valence-corrected chi connectivity index (χ2v) is 5.45. The minimum atomic E-state index is 0. The van der Waals surface area contributed by atoms with Crippen LogP contribution in [-0.2, 0) is 13.1 Å². The molecule has 0 spiro atoms. The van der Waals surface area contributed by atoms with Gasteiger partial charge in [-0.2, -0.15) is 0 Å². The fourth-order valence-corrected chi connectivity index (χ4v) is 2.20. The largest absolute Gasteiger partial charge is 0.494 e. The standard InChI is InChI=1S/C19H26N2O2.2ClH/c20-14-16-4-8-18(9-5-16)22-12-2-1-3-13-23-19-10-6-17(15-21)7-11-19;;/h4-11H,1-3,12-15,20-21H2;2*1H. The highest BCUT2D eigenvalue weighted by Crippen LogP contribution is 2.14. The van der Waals surface area contributed by atoms with E-state index in [9.17, 15) is 0 Å². The van der Waals surface area contributed by atoms with Crippen LogP contribution in [0.4, 0.5) is 0 Å². The van der Waals surface area contributed by atoms with Gasteiger partial charge in [-0.05, 0) is 54.7 Å². The molecule has 25 heavy (non-hydrogen) atoms. The molecule has 0 saturated carbocycles. The molecule has 0 atom stereocenters. The molecule has 0 fully saturated rings. The summed E-state index contributed by atoms with van der Waals surface area (Å²) in [7, 11) is 0. The topological polar surface area (TPSA) is 70.5 Å². The molecule has 4 N–H and O–H groups in total. The summed E-state index contributed by atoms with van der Waals surface area (Å²) < 4.78 is 11.4. The Hall–Kier alpha value is -1.46. The van der Waals surface area contributed by atoms with Crippen molar-refractivity contribution in [2.75, 3.05) is 13.2 Å². The second-order valence-electron chi connectivity index (χ2n) is 5.45. The number of nitrogens with two attached hydrogens (primary N) is 2. The Morgan fingerprint density at radius 1 is 0.560 bits per heavy atom.